The standard InChI is InChI=1S/C22H30O4/c1-13-7-6-8-18-21(13,3)10-9-14(2)22(18,4)12-15-19(24)16(23)11-17(26-5)20(15)25/h11,14,18,24H,1,6-10,12H2,2-5H3/t14-,18+,21+,22+/m0/s1. The predicted octanol–water partition coefficient (Wildman–Crippen LogP) is 4.67. The fourth-order valence-corrected chi connectivity index (χ4v) is 5.62. The normalized spacial score (nSPS) is 38.2. The second-order valence-corrected chi connectivity index (χ2v) is 8.82. The van der Waals surface area contributed by atoms with Crippen molar-refractivity contribution < 1.29 is 19.4 Å². The molecule has 142 valence electrons. The van der Waals surface area contributed by atoms with Gasteiger partial charge in [-0.05, 0) is 61.2 Å². The van der Waals surface area contributed by atoms with Crippen LogP contribution in [0.1, 0.15) is 59.3 Å². The van der Waals surface area contributed by atoms with E-state index in [4.69, 9.17) is 4.74 Å². The van der Waals surface area contributed by atoms with Crippen LogP contribution >= 0.6 is 0 Å². The maximum absolute atomic E-state index is 12.8. The van der Waals surface area contributed by atoms with Crippen molar-refractivity contribution in [2.45, 2.75) is 59.3 Å². The first-order chi connectivity index (χ1) is 12.1. The van der Waals surface area contributed by atoms with Crippen LogP contribution in [0.4, 0.5) is 0 Å². The Bertz CT molecular complexity index is 728. The Balaban J connectivity index is 2.01. The van der Waals surface area contributed by atoms with Gasteiger partial charge in [0.1, 0.15) is 0 Å². The largest absolute Gasteiger partial charge is 0.504 e. The van der Waals surface area contributed by atoms with Gasteiger partial charge < -0.3 is 9.84 Å². The summed E-state index contributed by atoms with van der Waals surface area (Å²) < 4.78 is 5.08. The zero-order chi connectivity index (χ0) is 19.3. The molecule has 0 aromatic rings. The summed E-state index contributed by atoms with van der Waals surface area (Å²) in [6.45, 7) is 11.1. The number of ketones is 2. The highest BCUT2D eigenvalue weighted by Crippen LogP contribution is 2.63. The highest BCUT2D eigenvalue weighted by molar-refractivity contribution is 6.20. The SMILES string of the molecule is C=C1CCC[C@H]2[C@](C)(CC3=C(O)C(=O)C=C(OC)C3=O)[C@@H](C)CC[C@]12C. The molecule has 4 heteroatoms. The number of allylic oxidation sites excluding steroid dienone is 3. The molecule has 3 aliphatic carbocycles. The molecule has 3 aliphatic rings. The smallest absolute Gasteiger partial charge is 0.227 e. The van der Waals surface area contributed by atoms with E-state index < -0.39 is 11.5 Å². The molecule has 4 atom stereocenters. The van der Waals surface area contributed by atoms with Crippen LogP contribution in [-0.2, 0) is 14.3 Å². The van der Waals surface area contributed by atoms with Crippen LogP contribution in [0, 0.1) is 22.7 Å². The Morgan fingerprint density at radius 1 is 1.31 bits per heavy atom. The molecule has 0 unspecified atom stereocenters. The molecule has 0 radical (unpaired) electrons. The zero-order valence-electron chi connectivity index (χ0n) is 16.4. The van der Waals surface area contributed by atoms with E-state index >= 15 is 0 Å². The molecule has 0 heterocycles. The summed E-state index contributed by atoms with van der Waals surface area (Å²) >= 11 is 0. The number of ether oxygens (including phenoxy) is 1. The molecular formula is C22H30O4. The van der Waals surface area contributed by atoms with Crippen LogP contribution in [0.2, 0.25) is 0 Å². The third-order valence-corrected chi connectivity index (χ3v) is 7.62. The minimum Gasteiger partial charge on any atom is -0.504 e. The van der Waals surface area contributed by atoms with E-state index in [1.807, 2.05) is 0 Å². The average Bonchev–Trinajstić information content (AvgIpc) is 2.61. The van der Waals surface area contributed by atoms with Crippen LogP contribution in [-0.4, -0.2) is 23.8 Å². The monoisotopic (exact) mass is 358 g/mol. The summed E-state index contributed by atoms with van der Waals surface area (Å²) in [5, 5.41) is 10.4. The molecule has 2 saturated carbocycles. The zero-order valence-corrected chi connectivity index (χ0v) is 16.4. The average molecular weight is 358 g/mol. The fraction of sp³-hybridized carbons (Fsp3) is 0.636. The number of hydrogen-bond donors (Lipinski definition) is 1. The quantitative estimate of drug-likeness (QED) is 0.588. The number of rotatable bonds is 3. The first kappa shape index (κ1) is 18.9. The molecule has 0 aromatic heterocycles. The number of fused-ring (bicyclic) bond motifs is 1. The lowest BCUT2D eigenvalue weighted by Gasteiger charge is -2.59. The molecule has 26 heavy (non-hydrogen) atoms. The van der Waals surface area contributed by atoms with Crippen LogP contribution < -0.4 is 0 Å². The molecule has 3 rings (SSSR count). The number of carbonyl (C=O) groups excluding carboxylic acids is 2. The molecule has 2 fully saturated rings. The molecule has 4 nitrogen and oxygen atoms in total. The lowest BCUT2D eigenvalue weighted by Crippen LogP contribution is -2.50. The molecule has 0 spiro atoms. The van der Waals surface area contributed by atoms with Crippen molar-refractivity contribution in [1.82, 2.24) is 0 Å². The van der Waals surface area contributed by atoms with Gasteiger partial charge >= 0.3 is 0 Å². The van der Waals surface area contributed by atoms with E-state index in [1.54, 1.807) is 0 Å². The first-order valence-electron chi connectivity index (χ1n) is 9.60. The van der Waals surface area contributed by atoms with Crippen LogP contribution in [0.5, 0.6) is 0 Å². The molecule has 1 N–H and O–H groups in total. The van der Waals surface area contributed by atoms with Crippen LogP contribution in [0.25, 0.3) is 0 Å². The van der Waals surface area contributed by atoms with Crippen LogP contribution in [0.15, 0.2) is 35.3 Å². The Morgan fingerprint density at radius 2 is 2.00 bits per heavy atom. The van der Waals surface area contributed by atoms with E-state index in [0.29, 0.717) is 18.3 Å². The van der Waals surface area contributed by atoms with Gasteiger partial charge in [0, 0.05) is 11.6 Å². The number of methoxy groups -OCH3 is 1. The Kier molecular flexibility index (Phi) is 4.66. The highest BCUT2D eigenvalue weighted by Gasteiger charge is 2.54. The minimum absolute atomic E-state index is 0.0191. The summed E-state index contributed by atoms with van der Waals surface area (Å²) in [5.41, 5.74) is 1.42. The molecule has 0 amide bonds. The van der Waals surface area contributed by atoms with Gasteiger partial charge in [0.05, 0.1) is 7.11 Å². The van der Waals surface area contributed by atoms with Crippen molar-refractivity contribution in [3.63, 3.8) is 0 Å². The number of aliphatic hydroxyl groups is 1. The number of hydrogen-bond acceptors (Lipinski definition) is 4. The van der Waals surface area contributed by atoms with Gasteiger partial charge in [-0.3, -0.25) is 9.59 Å². The van der Waals surface area contributed by atoms with Crippen molar-refractivity contribution >= 4 is 11.6 Å². The maximum atomic E-state index is 12.8. The summed E-state index contributed by atoms with van der Waals surface area (Å²) in [7, 11) is 1.38. The highest BCUT2D eigenvalue weighted by atomic mass is 16.5. The molecule has 0 bridgehead atoms. The molecule has 0 aliphatic heterocycles. The fourth-order valence-electron chi connectivity index (χ4n) is 5.62. The van der Waals surface area contributed by atoms with Gasteiger partial charge in [-0.2, -0.15) is 0 Å². The maximum Gasteiger partial charge on any atom is 0.227 e. The second kappa shape index (κ2) is 6.40. The van der Waals surface area contributed by atoms with Crippen molar-refractivity contribution in [2.75, 3.05) is 7.11 Å². The van der Waals surface area contributed by atoms with E-state index in [0.717, 1.165) is 38.2 Å². The molecule has 0 aromatic carbocycles. The van der Waals surface area contributed by atoms with Gasteiger partial charge in [0.15, 0.2) is 11.5 Å². The van der Waals surface area contributed by atoms with Crippen molar-refractivity contribution in [3.05, 3.63) is 35.3 Å². The second-order valence-electron chi connectivity index (χ2n) is 8.82. The number of aliphatic hydroxyl groups excluding tert-OH is 1. The Hall–Kier alpha value is -1.84. The molecular weight excluding hydrogens is 328 g/mol. The number of carbonyl (C=O) groups is 2. The van der Waals surface area contributed by atoms with Crippen LogP contribution in [0.3, 0.4) is 0 Å². The summed E-state index contributed by atoms with van der Waals surface area (Å²) in [4.78, 5) is 24.9. The minimum atomic E-state index is -0.542. The number of Topliss-reactive ketones (excluding diaryl/α,β-unsaturated/α-hetero) is 1. The first-order valence-corrected chi connectivity index (χ1v) is 9.60. The third-order valence-electron chi connectivity index (χ3n) is 7.62. The summed E-state index contributed by atoms with van der Waals surface area (Å²) in [5.74, 6) is -0.511. The van der Waals surface area contributed by atoms with Crippen molar-refractivity contribution in [1.29, 1.82) is 0 Å². The molecule has 0 saturated heterocycles. The lowest BCUT2D eigenvalue weighted by molar-refractivity contribution is -0.120. The Labute approximate surface area is 156 Å². The van der Waals surface area contributed by atoms with E-state index in [1.165, 1.54) is 12.7 Å². The lowest BCUT2D eigenvalue weighted by atomic mass is 9.46. The van der Waals surface area contributed by atoms with E-state index in [-0.39, 0.29) is 27.9 Å². The van der Waals surface area contributed by atoms with Gasteiger partial charge in [0.2, 0.25) is 11.6 Å². The van der Waals surface area contributed by atoms with E-state index in [9.17, 15) is 14.7 Å². The van der Waals surface area contributed by atoms with Gasteiger partial charge in [-0.1, -0.05) is 32.9 Å². The summed E-state index contributed by atoms with van der Waals surface area (Å²) in [6, 6.07) is 0. The summed E-state index contributed by atoms with van der Waals surface area (Å²) in [6.07, 6.45) is 6.95. The third kappa shape index (κ3) is 2.65. The van der Waals surface area contributed by atoms with Gasteiger partial charge in [-0.25, -0.2) is 0 Å². The van der Waals surface area contributed by atoms with E-state index in [2.05, 4.69) is 27.4 Å². The van der Waals surface area contributed by atoms with Gasteiger partial charge in [0.25, 0.3) is 0 Å². The van der Waals surface area contributed by atoms with Crippen molar-refractivity contribution in [2.24, 2.45) is 22.7 Å². The predicted molar refractivity (Wildman–Crippen MR) is 100 cm³/mol. The topological polar surface area (TPSA) is 63.6 Å². The van der Waals surface area contributed by atoms with Gasteiger partial charge in [-0.15, -0.1) is 0 Å². The van der Waals surface area contributed by atoms with Crippen molar-refractivity contribution in [3.8, 4) is 0 Å². The Morgan fingerprint density at radius 3 is 2.65 bits per heavy atom.